The average Bonchev–Trinajstić information content (AvgIpc) is 2.28. The molecule has 7 heteroatoms. The molecule has 0 radical (unpaired) electrons. The maximum Gasteiger partial charge on any atom is 0.405 e. The summed E-state index contributed by atoms with van der Waals surface area (Å²) in [5.74, 6) is -0.734. The molecule has 0 spiro atoms. The molecule has 102 valence electrons. The van der Waals surface area contributed by atoms with Gasteiger partial charge in [0.15, 0.2) is 0 Å². The second kappa shape index (κ2) is 6.80. The van der Waals surface area contributed by atoms with Crippen LogP contribution < -0.4 is 10.6 Å². The summed E-state index contributed by atoms with van der Waals surface area (Å²) in [6.45, 7) is 1.93. The molecule has 1 amide bonds. The van der Waals surface area contributed by atoms with E-state index in [1.807, 2.05) is 13.8 Å². The fraction of sp³-hybridized carbons (Fsp3) is 0.900. The van der Waals surface area contributed by atoms with E-state index in [4.69, 9.17) is 0 Å². The van der Waals surface area contributed by atoms with Crippen molar-refractivity contribution in [1.82, 2.24) is 10.6 Å². The van der Waals surface area contributed by atoms with Crippen molar-refractivity contribution in [2.24, 2.45) is 0 Å². The summed E-state index contributed by atoms with van der Waals surface area (Å²) in [6, 6.07) is 0. The normalized spacial score (nSPS) is 12.6. The quantitative estimate of drug-likeness (QED) is 0.631. The van der Waals surface area contributed by atoms with Crippen molar-refractivity contribution in [1.29, 1.82) is 0 Å². The topological polar surface area (TPSA) is 61.4 Å². The molecule has 0 heterocycles. The highest BCUT2D eigenvalue weighted by Crippen LogP contribution is 2.14. The molecule has 3 N–H and O–H groups in total. The summed E-state index contributed by atoms with van der Waals surface area (Å²) >= 11 is 0. The summed E-state index contributed by atoms with van der Waals surface area (Å²) in [5, 5.41) is 13.7. The number of nitrogens with one attached hydrogen (secondary N) is 2. The van der Waals surface area contributed by atoms with Crippen molar-refractivity contribution in [3.8, 4) is 0 Å². The Morgan fingerprint density at radius 3 is 2.12 bits per heavy atom. The minimum Gasteiger partial charge on any atom is -0.394 e. The van der Waals surface area contributed by atoms with E-state index in [1.54, 1.807) is 5.32 Å². The first kappa shape index (κ1) is 16.2. The van der Waals surface area contributed by atoms with Gasteiger partial charge in [0.25, 0.3) is 0 Å². The summed E-state index contributed by atoms with van der Waals surface area (Å²) in [7, 11) is 0. The van der Waals surface area contributed by atoms with Gasteiger partial charge in [0.1, 0.15) is 6.54 Å². The number of halogens is 3. The number of amides is 1. The lowest BCUT2D eigenvalue weighted by Gasteiger charge is -2.30. The molecule has 0 aromatic carbocycles. The van der Waals surface area contributed by atoms with Gasteiger partial charge >= 0.3 is 6.18 Å². The fourth-order valence-corrected chi connectivity index (χ4v) is 1.31. The van der Waals surface area contributed by atoms with Crippen LogP contribution in [-0.4, -0.2) is 42.4 Å². The molecule has 0 aromatic rings. The summed E-state index contributed by atoms with van der Waals surface area (Å²) in [5.41, 5.74) is -0.602. The van der Waals surface area contributed by atoms with E-state index in [0.29, 0.717) is 12.8 Å². The maximum atomic E-state index is 11.8. The zero-order valence-electron chi connectivity index (χ0n) is 10.0. The molecule has 0 saturated heterocycles. The van der Waals surface area contributed by atoms with Gasteiger partial charge in [-0.05, 0) is 12.8 Å². The molecular formula is C10H19F3N2O2. The summed E-state index contributed by atoms with van der Waals surface area (Å²) in [6.07, 6.45) is -3.22. The van der Waals surface area contributed by atoms with E-state index in [9.17, 15) is 23.1 Å². The number of hydrogen-bond donors (Lipinski definition) is 3. The number of carbonyl (C=O) groups is 1. The molecule has 0 aliphatic heterocycles. The van der Waals surface area contributed by atoms with Gasteiger partial charge in [-0.3, -0.25) is 4.79 Å². The van der Waals surface area contributed by atoms with Crippen LogP contribution in [0.15, 0.2) is 0 Å². The van der Waals surface area contributed by atoms with E-state index < -0.39 is 24.2 Å². The van der Waals surface area contributed by atoms with Crippen LogP contribution in [0.5, 0.6) is 0 Å². The van der Waals surface area contributed by atoms with Gasteiger partial charge in [0, 0.05) is 5.54 Å². The smallest absolute Gasteiger partial charge is 0.394 e. The van der Waals surface area contributed by atoms with Crippen molar-refractivity contribution in [2.75, 3.05) is 19.7 Å². The molecular weight excluding hydrogens is 237 g/mol. The monoisotopic (exact) mass is 256 g/mol. The van der Waals surface area contributed by atoms with E-state index in [-0.39, 0.29) is 13.2 Å². The average molecular weight is 256 g/mol. The molecule has 0 bridgehead atoms. The number of rotatable bonds is 7. The standard InChI is InChI=1S/C10H19F3N2O2/c1-3-9(4-2,7-16)15-5-8(17)14-6-10(11,12)13/h15-16H,3-7H2,1-2H3,(H,14,17). The van der Waals surface area contributed by atoms with Crippen LogP contribution in [0, 0.1) is 0 Å². The molecule has 0 saturated carbocycles. The highest BCUT2D eigenvalue weighted by molar-refractivity contribution is 5.78. The van der Waals surface area contributed by atoms with Crippen LogP contribution in [0.3, 0.4) is 0 Å². The molecule has 0 aromatic heterocycles. The highest BCUT2D eigenvalue weighted by atomic mass is 19.4. The van der Waals surface area contributed by atoms with Gasteiger partial charge in [-0.15, -0.1) is 0 Å². The Morgan fingerprint density at radius 1 is 1.24 bits per heavy atom. The SMILES string of the molecule is CCC(CC)(CO)NCC(=O)NCC(F)(F)F. The van der Waals surface area contributed by atoms with Crippen LogP contribution in [0.25, 0.3) is 0 Å². The second-order valence-electron chi connectivity index (χ2n) is 3.89. The zero-order chi connectivity index (χ0) is 13.5. The largest absolute Gasteiger partial charge is 0.405 e. The molecule has 0 fully saturated rings. The Morgan fingerprint density at radius 2 is 1.76 bits per heavy atom. The van der Waals surface area contributed by atoms with Crippen molar-refractivity contribution in [2.45, 2.75) is 38.4 Å². The fourth-order valence-electron chi connectivity index (χ4n) is 1.31. The molecule has 0 unspecified atom stereocenters. The predicted molar refractivity (Wildman–Crippen MR) is 57.5 cm³/mol. The van der Waals surface area contributed by atoms with Crippen molar-refractivity contribution < 1.29 is 23.1 Å². The zero-order valence-corrected chi connectivity index (χ0v) is 10.0. The summed E-state index contributed by atoms with van der Waals surface area (Å²) < 4.78 is 35.4. The minimum atomic E-state index is -4.40. The molecule has 4 nitrogen and oxygen atoms in total. The maximum absolute atomic E-state index is 11.8. The van der Waals surface area contributed by atoms with Gasteiger partial charge in [-0.2, -0.15) is 13.2 Å². The van der Waals surface area contributed by atoms with Gasteiger partial charge in [-0.1, -0.05) is 13.8 Å². The van der Waals surface area contributed by atoms with E-state index >= 15 is 0 Å². The molecule has 0 aliphatic carbocycles. The second-order valence-corrected chi connectivity index (χ2v) is 3.89. The number of carbonyl (C=O) groups excluding carboxylic acids is 1. The van der Waals surface area contributed by atoms with E-state index in [1.165, 1.54) is 0 Å². The Kier molecular flexibility index (Phi) is 6.48. The molecule has 0 rings (SSSR count). The Hall–Kier alpha value is -0.820. The van der Waals surface area contributed by atoms with Crippen molar-refractivity contribution in [3.63, 3.8) is 0 Å². The Balaban J connectivity index is 4.06. The summed E-state index contributed by atoms with van der Waals surface area (Å²) in [4.78, 5) is 11.1. The van der Waals surface area contributed by atoms with Gasteiger partial charge < -0.3 is 15.7 Å². The Labute approximate surface area is 98.6 Å². The van der Waals surface area contributed by atoms with Gasteiger partial charge in [0.05, 0.1) is 13.2 Å². The van der Waals surface area contributed by atoms with Gasteiger partial charge in [0.2, 0.25) is 5.91 Å². The molecule has 17 heavy (non-hydrogen) atoms. The van der Waals surface area contributed by atoms with Crippen molar-refractivity contribution >= 4 is 5.91 Å². The Bertz CT molecular complexity index is 232. The first-order valence-electron chi connectivity index (χ1n) is 5.48. The van der Waals surface area contributed by atoms with Crippen LogP contribution >= 0.6 is 0 Å². The third-order valence-electron chi connectivity index (χ3n) is 2.77. The number of aliphatic hydroxyl groups is 1. The predicted octanol–water partition coefficient (Wildman–Crippen LogP) is 0.806. The third-order valence-corrected chi connectivity index (χ3v) is 2.77. The van der Waals surface area contributed by atoms with Crippen LogP contribution in [0.2, 0.25) is 0 Å². The van der Waals surface area contributed by atoms with Crippen molar-refractivity contribution in [3.05, 3.63) is 0 Å². The number of hydrogen-bond acceptors (Lipinski definition) is 3. The van der Waals surface area contributed by atoms with Crippen LogP contribution in [0.1, 0.15) is 26.7 Å². The molecule has 0 aliphatic rings. The lowest BCUT2D eigenvalue weighted by molar-refractivity contribution is -0.138. The number of aliphatic hydroxyl groups excluding tert-OH is 1. The molecule has 0 atom stereocenters. The first-order chi connectivity index (χ1) is 7.78. The van der Waals surface area contributed by atoms with Gasteiger partial charge in [-0.25, -0.2) is 0 Å². The first-order valence-corrected chi connectivity index (χ1v) is 5.48. The van der Waals surface area contributed by atoms with E-state index in [2.05, 4.69) is 5.32 Å². The lowest BCUT2D eigenvalue weighted by atomic mass is 9.94. The lowest BCUT2D eigenvalue weighted by Crippen LogP contribution is -2.51. The number of alkyl halides is 3. The third kappa shape index (κ3) is 6.48. The van der Waals surface area contributed by atoms with Crippen LogP contribution in [0.4, 0.5) is 13.2 Å². The van der Waals surface area contributed by atoms with E-state index in [0.717, 1.165) is 0 Å². The highest BCUT2D eigenvalue weighted by Gasteiger charge is 2.29. The van der Waals surface area contributed by atoms with Crippen LogP contribution in [-0.2, 0) is 4.79 Å². The minimum absolute atomic E-state index is 0.160.